The van der Waals surface area contributed by atoms with Crippen LogP contribution in [0.5, 0.6) is 0 Å². The van der Waals surface area contributed by atoms with Crippen molar-refractivity contribution in [2.24, 2.45) is 10.9 Å². The average molecular weight is 637 g/mol. The minimum absolute atomic E-state index is 0.00167. The third-order valence-electron chi connectivity index (χ3n) is 7.42. The lowest BCUT2D eigenvalue weighted by Crippen LogP contribution is -2.54. The molecule has 2 aliphatic heterocycles. The van der Waals surface area contributed by atoms with Crippen LogP contribution in [0.25, 0.3) is 0 Å². The van der Waals surface area contributed by atoms with Crippen molar-refractivity contribution in [2.75, 3.05) is 56.6 Å². The van der Waals surface area contributed by atoms with Crippen LogP contribution in [0.4, 0.5) is 29.7 Å². The zero-order valence-electron chi connectivity index (χ0n) is 24.1. The van der Waals surface area contributed by atoms with E-state index in [4.69, 9.17) is 9.47 Å². The molecule has 0 bridgehead atoms. The SMILES string of the molecule is COCC1=NC(=O)N(C(=O)NCCNC2CCN(c3ccccc3NS(=O)O)CC2)C(c2ccc(F)c(F)c2)C1C(=O)OC. The average Bonchev–Trinajstić information content (AvgIpc) is 3.00. The number of carbonyl (C=O) groups is 3. The molecule has 3 unspecified atom stereocenters. The van der Waals surface area contributed by atoms with Crippen molar-refractivity contribution < 1.29 is 41.4 Å². The first-order chi connectivity index (χ1) is 21.1. The number of rotatable bonds is 11. The summed E-state index contributed by atoms with van der Waals surface area (Å²) in [4.78, 5) is 45.9. The summed E-state index contributed by atoms with van der Waals surface area (Å²) in [7, 11) is 2.46. The summed E-state index contributed by atoms with van der Waals surface area (Å²) in [5.74, 6) is -4.49. The maximum atomic E-state index is 14.2. The van der Waals surface area contributed by atoms with Gasteiger partial charge in [0.15, 0.2) is 11.6 Å². The number of methoxy groups -OCH3 is 2. The first kappa shape index (κ1) is 32.9. The maximum Gasteiger partial charge on any atom is 0.352 e. The fraction of sp³-hybridized carbons (Fsp3) is 0.429. The van der Waals surface area contributed by atoms with Gasteiger partial charge in [-0.15, -0.1) is 0 Å². The minimum atomic E-state index is -2.19. The van der Waals surface area contributed by atoms with Gasteiger partial charge in [-0.3, -0.25) is 14.1 Å². The predicted molar refractivity (Wildman–Crippen MR) is 159 cm³/mol. The summed E-state index contributed by atoms with van der Waals surface area (Å²) in [5.41, 5.74) is 1.37. The van der Waals surface area contributed by atoms with Crippen molar-refractivity contribution in [3.8, 4) is 0 Å². The largest absolute Gasteiger partial charge is 0.468 e. The number of amides is 4. The third kappa shape index (κ3) is 7.74. The van der Waals surface area contributed by atoms with E-state index in [1.165, 1.54) is 13.2 Å². The van der Waals surface area contributed by atoms with Gasteiger partial charge in [-0.1, -0.05) is 18.2 Å². The normalized spacial score (nSPS) is 19.8. The Morgan fingerprint density at radius 2 is 1.82 bits per heavy atom. The van der Waals surface area contributed by atoms with Gasteiger partial charge in [-0.05, 0) is 42.7 Å². The number of piperidine rings is 1. The van der Waals surface area contributed by atoms with Gasteiger partial charge in [0.2, 0.25) is 0 Å². The molecule has 0 aromatic heterocycles. The number of para-hydroxylation sites is 2. The zero-order valence-corrected chi connectivity index (χ0v) is 24.9. The van der Waals surface area contributed by atoms with Gasteiger partial charge >= 0.3 is 18.0 Å². The molecule has 4 rings (SSSR count). The molecule has 2 heterocycles. The number of carbonyl (C=O) groups excluding carboxylic acids is 3. The van der Waals surface area contributed by atoms with Crippen LogP contribution >= 0.6 is 0 Å². The summed E-state index contributed by atoms with van der Waals surface area (Å²) in [6.07, 6.45) is 1.54. The number of nitrogens with zero attached hydrogens (tertiary/aromatic N) is 3. The second-order valence-electron chi connectivity index (χ2n) is 10.1. The van der Waals surface area contributed by atoms with E-state index >= 15 is 0 Å². The number of esters is 1. The standard InChI is InChI=1S/C28H34F2N6O7S/c1-42-16-22-24(26(37)43-2)25(17-7-8-19(29)20(30)15-17)36(28(39)33-22)27(38)32-12-11-31-18-9-13-35(14-10-18)23-6-4-3-5-21(23)34-44(40)41/h3-8,15,18,24-25,31,34H,9-14,16H2,1-2H3,(H,32,38)(H,40,41). The molecular weight excluding hydrogens is 602 g/mol. The van der Waals surface area contributed by atoms with Crippen LogP contribution in [-0.2, 0) is 25.5 Å². The monoisotopic (exact) mass is 636 g/mol. The molecular formula is C28H34F2N6O7S. The van der Waals surface area contributed by atoms with E-state index in [0.29, 0.717) is 30.2 Å². The summed E-state index contributed by atoms with van der Waals surface area (Å²) in [6, 6.07) is 6.99. The van der Waals surface area contributed by atoms with E-state index in [1.807, 2.05) is 12.1 Å². The molecule has 4 N–H and O–H groups in total. The van der Waals surface area contributed by atoms with Gasteiger partial charge in [-0.25, -0.2) is 27.5 Å². The van der Waals surface area contributed by atoms with Crippen LogP contribution in [0.2, 0.25) is 0 Å². The van der Waals surface area contributed by atoms with E-state index in [2.05, 4.69) is 25.2 Å². The molecule has 2 aromatic rings. The number of hydrogen-bond donors (Lipinski definition) is 4. The van der Waals surface area contributed by atoms with E-state index in [-0.39, 0.29) is 30.5 Å². The first-order valence-corrected chi connectivity index (χ1v) is 14.9. The van der Waals surface area contributed by atoms with Gasteiger partial charge in [-0.2, -0.15) is 4.99 Å². The lowest BCUT2D eigenvalue weighted by Gasteiger charge is -2.37. The molecule has 1 saturated heterocycles. The second-order valence-corrected chi connectivity index (χ2v) is 10.8. The molecule has 1 fully saturated rings. The van der Waals surface area contributed by atoms with Crippen LogP contribution in [0, 0.1) is 17.6 Å². The van der Waals surface area contributed by atoms with Crippen molar-refractivity contribution in [3.05, 3.63) is 59.7 Å². The highest BCUT2D eigenvalue weighted by atomic mass is 32.2. The number of ether oxygens (including phenoxy) is 2. The molecule has 44 heavy (non-hydrogen) atoms. The molecule has 0 aliphatic carbocycles. The molecule has 0 saturated carbocycles. The van der Waals surface area contributed by atoms with E-state index in [1.54, 1.807) is 12.1 Å². The molecule has 16 heteroatoms. The fourth-order valence-corrected chi connectivity index (χ4v) is 5.76. The molecule has 4 amide bonds. The maximum absolute atomic E-state index is 14.2. The van der Waals surface area contributed by atoms with Gasteiger partial charge in [0.25, 0.3) is 11.3 Å². The highest BCUT2D eigenvalue weighted by molar-refractivity contribution is 7.80. The number of hydrogen-bond acceptors (Lipinski definition) is 8. The van der Waals surface area contributed by atoms with Crippen LogP contribution in [0.1, 0.15) is 24.4 Å². The van der Waals surface area contributed by atoms with Crippen molar-refractivity contribution >= 4 is 46.4 Å². The molecule has 0 radical (unpaired) electrons. The topological polar surface area (TPSA) is 162 Å². The minimum Gasteiger partial charge on any atom is -0.468 e. The Morgan fingerprint density at radius 3 is 2.48 bits per heavy atom. The van der Waals surface area contributed by atoms with Crippen molar-refractivity contribution in [2.45, 2.75) is 24.9 Å². The number of imide groups is 1. The molecule has 13 nitrogen and oxygen atoms in total. The van der Waals surface area contributed by atoms with Crippen molar-refractivity contribution in [1.82, 2.24) is 15.5 Å². The van der Waals surface area contributed by atoms with Gasteiger partial charge < -0.3 is 25.0 Å². The molecule has 2 aromatic carbocycles. The quantitative estimate of drug-likeness (QED) is 0.165. The Bertz CT molecular complexity index is 1420. The van der Waals surface area contributed by atoms with Gasteiger partial charge in [0, 0.05) is 39.3 Å². The molecule has 3 atom stereocenters. The molecule has 238 valence electrons. The van der Waals surface area contributed by atoms with E-state index in [0.717, 1.165) is 37.8 Å². The zero-order chi connectivity index (χ0) is 31.8. The number of anilines is 2. The Hall–Kier alpha value is -3.99. The number of nitrogens with one attached hydrogen (secondary N) is 3. The molecule has 2 aliphatic rings. The van der Waals surface area contributed by atoms with E-state index < -0.39 is 52.9 Å². The van der Waals surface area contributed by atoms with Crippen LogP contribution in [0.15, 0.2) is 47.5 Å². The highest BCUT2D eigenvalue weighted by Gasteiger charge is 2.47. The predicted octanol–water partition coefficient (Wildman–Crippen LogP) is 2.83. The number of urea groups is 2. The lowest BCUT2D eigenvalue weighted by molar-refractivity contribution is -0.144. The fourth-order valence-electron chi connectivity index (χ4n) is 5.39. The Morgan fingerprint density at radius 1 is 1.09 bits per heavy atom. The van der Waals surface area contributed by atoms with Crippen LogP contribution in [0.3, 0.4) is 0 Å². The van der Waals surface area contributed by atoms with Gasteiger partial charge in [0.1, 0.15) is 5.92 Å². The van der Waals surface area contributed by atoms with Crippen molar-refractivity contribution in [3.63, 3.8) is 0 Å². The second kappa shape index (κ2) is 15.1. The molecule has 0 spiro atoms. The third-order valence-corrected chi connectivity index (χ3v) is 7.82. The summed E-state index contributed by atoms with van der Waals surface area (Å²) in [6.45, 7) is 1.62. The van der Waals surface area contributed by atoms with Gasteiger partial charge in [0.05, 0.1) is 36.8 Å². The van der Waals surface area contributed by atoms with Crippen LogP contribution in [-0.4, -0.2) is 90.5 Å². The smallest absolute Gasteiger partial charge is 0.352 e. The Kier molecular flexibility index (Phi) is 11.3. The lowest BCUT2D eigenvalue weighted by atomic mass is 9.86. The Labute approximate surface area is 255 Å². The number of aliphatic imine (C=N–C) groups is 1. The number of halogens is 2. The Balaban J connectivity index is 1.39. The van der Waals surface area contributed by atoms with Crippen molar-refractivity contribution in [1.29, 1.82) is 0 Å². The number of benzene rings is 2. The first-order valence-electron chi connectivity index (χ1n) is 13.8. The highest BCUT2D eigenvalue weighted by Crippen LogP contribution is 2.36. The van der Waals surface area contributed by atoms with Crippen LogP contribution < -0.4 is 20.3 Å². The summed E-state index contributed by atoms with van der Waals surface area (Å²) in [5, 5.41) is 6.01. The van der Waals surface area contributed by atoms with E-state index in [9.17, 15) is 31.9 Å². The summed E-state index contributed by atoms with van der Waals surface area (Å²) < 4.78 is 61.0. The summed E-state index contributed by atoms with van der Waals surface area (Å²) >= 11 is -2.19.